The van der Waals surface area contributed by atoms with Crippen LogP contribution >= 0.6 is 0 Å². The number of aliphatic hydroxyl groups excluding tert-OH is 1. The van der Waals surface area contributed by atoms with Crippen molar-refractivity contribution >= 4 is 11.9 Å². The summed E-state index contributed by atoms with van der Waals surface area (Å²) in [7, 11) is 0. The predicted octanol–water partition coefficient (Wildman–Crippen LogP) is 2.07. The monoisotopic (exact) mass is 294 g/mol. The molecule has 3 N–H and O–H groups in total. The summed E-state index contributed by atoms with van der Waals surface area (Å²) in [5.41, 5.74) is -1.10. The van der Waals surface area contributed by atoms with Crippen LogP contribution in [0.4, 0.5) is 0 Å². The van der Waals surface area contributed by atoms with Gasteiger partial charge in [0.05, 0.1) is 17.9 Å². The van der Waals surface area contributed by atoms with Crippen molar-refractivity contribution in [2.75, 3.05) is 0 Å². The van der Waals surface area contributed by atoms with E-state index in [0.717, 1.165) is 5.57 Å². The zero-order chi connectivity index (χ0) is 16.0. The summed E-state index contributed by atoms with van der Waals surface area (Å²) in [6.07, 6.45) is 3.45. The molecular formula is C16H22O5. The van der Waals surface area contributed by atoms with E-state index in [1.54, 1.807) is 19.1 Å². The maximum atomic E-state index is 11.8. The van der Waals surface area contributed by atoms with Crippen molar-refractivity contribution in [2.45, 2.75) is 39.2 Å². The van der Waals surface area contributed by atoms with Gasteiger partial charge in [-0.3, -0.25) is 9.59 Å². The fourth-order valence-electron chi connectivity index (χ4n) is 4.18. The number of allylic oxidation sites excluding steroid dienone is 3. The number of hydrogen-bond acceptors (Lipinski definition) is 3. The summed E-state index contributed by atoms with van der Waals surface area (Å²) >= 11 is 0. The average molecular weight is 294 g/mol. The third-order valence-corrected chi connectivity index (χ3v) is 5.59. The van der Waals surface area contributed by atoms with Gasteiger partial charge in [-0.15, -0.1) is 0 Å². The molecule has 2 aliphatic rings. The molecule has 0 heterocycles. The summed E-state index contributed by atoms with van der Waals surface area (Å²) < 4.78 is 0. The third kappa shape index (κ3) is 2.20. The van der Waals surface area contributed by atoms with Crippen molar-refractivity contribution in [2.24, 2.45) is 22.7 Å². The van der Waals surface area contributed by atoms with E-state index in [1.807, 2.05) is 6.92 Å². The quantitative estimate of drug-likeness (QED) is 0.740. The molecule has 1 fully saturated rings. The van der Waals surface area contributed by atoms with Crippen molar-refractivity contribution in [3.63, 3.8) is 0 Å². The largest absolute Gasteiger partial charge is 0.481 e. The number of aliphatic hydroxyl groups is 1. The highest BCUT2D eigenvalue weighted by Gasteiger charge is 2.60. The molecule has 1 saturated carbocycles. The summed E-state index contributed by atoms with van der Waals surface area (Å²) in [5.74, 6) is -2.69. The van der Waals surface area contributed by atoms with Gasteiger partial charge in [-0.05, 0) is 31.1 Å². The van der Waals surface area contributed by atoms with Crippen LogP contribution in [-0.4, -0.2) is 33.4 Å². The molecule has 0 aromatic rings. The molecule has 5 atom stereocenters. The lowest BCUT2D eigenvalue weighted by molar-refractivity contribution is -0.174. The van der Waals surface area contributed by atoms with Gasteiger partial charge >= 0.3 is 11.9 Å². The third-order valence-electron chi connectivity index (χ3n) is 5.59. The van der Waals surface area contributed by atoms with Crippen LogP contribution in [0.25, 0.3) is 0 Å². The van der Waals surface area contributed by atoms with E-state index in [1.165, 1.54) is 0 Å². The van der Waals surface area contributed by atoms with Crippen molar-refractivity contribution < 1.29 is 24.9 Å². The standard InChI is InChI=1S/C16H22O5/c1-9-4-5-11-15(2,10(9)8-13(18)19)7-6-12(17)16(11,3)14(20)21/h4-5,10-12,17H,1,6-8H2,2-3H3,(H,18,19)(H,20,21)/t10-,11+,12-,15+,16+/m0/s1. The highest BCUT2D eigenvalue weighted by atomic mass is 16.4. The van der Waals surface area contributed by atoms with Gasteiger partial charge in [0.15, 0.2) is 0 Å². The first-order chi connectivity index (χ1) is 9.64. The molecule has 5 heteroatoms. The Balaban J connectivity index is 2.52. The minimum Gasteiger partial charge on any atom is -0.481 e. The van der Waals surface area contributed by atoms with Gasteiger partial charge in [0.1, 0.15) is 0 Å². The molecule has 0 unspecified atom stereocenters. The lowest BCUT2D eigenvalue weighted by Crippen LogP contribution is -2.58. The molecule has 21 heavy (non-hydrogen) atoms. The molecular weight excluding hydrogens is 272 g/mol. The van der Waals surface area contributed by atoms with Gasteiger partial charge in [0, 0.05) is 5.92 Å². The van der Waals surface area contributed by atoms with E-state index in [9.17, 15) is 19.8 Å². The fourth-order valence-corrected chi connectivity index (χ4v) is 4.18. The Labute approximate surface area is 124 Å². The molecule has 2 rings (SSSR count). The van der Waals surface area contributed by atoms with Gasteiger partial charge in [0.2, 0.25) is 0 Å². The molecule has 0 saturated heterocycles. The molecule has 0 aromatic heterocycles. The molecule has 0 bridgehead atoms. The van der Waals surface area contributed by atoms with E-state index < -0.39 is 34.8 Å². The second-order valence-electron chi connectivity index (χ2n) is 6.71. The normalized spacial score (nSPS) is 42.4. The van der Waals surface area contributed by atoms with Crippen molar-refractivity contribution in [3.05, 3.63) is 24.3 Å². The Morgan fingerprint density at radius 3 is 2.52 bits per heavy atom. The van der Waals surface area contributed by atoms with Crippen LogP contribution in [0.1, 0.15) is 33.1 Å². The molecule has 2 aliphatic carbocycles. The number of hydrogen-bond donors (Lipinski definition) is 3. The number of aliphatic carboxylic acids is 2. The molecule has 0 amide bonds. The van der Waals surface area contributed by atoms with Gasteiger partial charge < -0.3 is 15.3 Å². The van der Waals surface area contributed by atoms with Crippen LogP contribution < -0.4 is 0 Å². The van der Waals surface area contributed by atoms with Gasteiger partial charge in [0.25, 0.3) is 0 Å². The molecule has 5 nitrogen and oxygen atoms in total. The second kappa shape index (κ2) is 4.98. The number of fused-ring (bicyclic) bond motifs is 1. The molecule has 0 radical (unpaired) electrons. The first-order valence-corrected chi connectivity index (χ1v) is 7.14. The maximum Gasteiger partial charge on any atom is 0.312 e. The van der Waals surface area contributed by atoms with Gasteiger partial charge in [-0.1, -0.05) is 31.2 Å². The van der Waals surface area contributed by atoms with Crippen LogP contribution in [0, 0.1) is 22.7 Å². The number of carboxylic acids is 2. The highest BCUT2D eigenvalue weighted by Crippen LogP contribution is 2.59. The summed E-state index contributed by atoms with van der Waals surface area (Å²) in [4.78, 5) is 22.9. The second-order valence-corrected chi connectivity index (χ2v) is 6.71. The summed E-state index contributed by atoms with van der Waals surface area (Å²) in [6.45, 7) is 7.41. The van der Waals surface area contributed by atoms with Crippen molar-refractivity contribution in [1.82, 2.24) is 0 Å². The van der Waals surface area contributed by atoms with Crippen LogP contribution in [0.3, 0.4) is 0 Å². The first-order valence-electron chi connectivity index (χ1n) is 7.14. The SMILES string of the molecule is C=C1C=C[C@@H]2[C@](C)(CC[C@H](O)[C@]2(C)C(=O)O)[C@H]1CC(=O)O. The fraction of sp³-hybridized carbons (Fsp3) is 0.625. The lowest BCUT2D eigenvalue weighted by atomic mass is 9.48. The zero-order valence-corrected chi connectivity index (χ0v) is 12.4. The predicted molar refractivity (Wildman–Crippen MR) is 76.6 cm³/mol. The van der Waals surface area contributed by atoms with E-state index in [4.69, 9.17) is 5.11 Å². The first kappa shape index (κ1) is 15.8. The van der Waals surface area contributed by atoms with Crippen LogP contribution in [0.5, 0.6) is 0 Å². The zero-order valence-electron chi connectivity index (χ0n) is 12.4. The van der Waals surface area contributed by atoms with Gasteiger partial charge in [-0.2, -0.15) is 0 Å². The Bertz CT molecular complexity index is 523. The van der Waals surface area contributed by atoms with Crippen LogP contribution in [0.15, 0.2) is 24.3 Å². The maximum absolute atomic E-state index is 11.8. The van der Waals surface area contributed by atoms with Crippen LogP contribution in [-0.2, 0) is 9.59 Å². The summed E-state index contributed by atoms with van der Waals surface area (Å²) in [6, 6.07) is 0. The smallest absolute Gasteiger partial charge is 0.312 e. The number of carboxylic acid groups (broad SMARTS) is 2. The van der Waals surface area contributed by atoms with E-state index in [2.05, 4.69) is 6.58 Å². The topological polar surface area (TPSA) is 94.8 Å². The lowest BCUT2D eigenvalue weighted by Gasteiger charge is -2.56. The molecule has 116 valence electrons. The highest BCUT2D eigenvalue weighted by molar-refractivity contribution is 5.76. The molecule has 0 aliphatic heterocycles. The van der Waals surface area contributed by atoms with E-state index >= 15 is 0 Å². The Morgan fingerprint density at radius 2 is 2.00 bits per heavy atom. The Kier molecular flexibility index (Phi) is 3.74. The minimum absolute atomic E-state index is 0.0675. The number of rotatable bonds is 3. The molecule has 0 aromatic carbocycles. The van der Waals surface area contributed by atoms with Crippen molar-refractivity contribution in [1.29, 1.82) is 0 Å². The Morgan fingerprint density at radius 1 is 1.38 bits per heavy atom. The molecule has 0 spiro atoms. The van der Waals surface area contributed by atoms with Crippen molar-refractivity contribution in [3.8, 4) is 0 Å². The number of carbonyl (C=O) groups is 2. The van der Waals surface area contributed by atoms with Crippen LogP contribution in [0.2, 0.25) is 0 Å². The average Bonchev–Trinajstić information content (AvgIpc) is 2.38. The van der Waals surface area contributed by atoms with E-state index in [0.29, 0.717) is 12.8 Å². The minimum atomic E-state index is -1.30. The summed E-state index contributed by atoms with van der Waals surface area (Å²) in [5, 5.41) is 29.0. The van der Waals surface area contributed by atoms with Gasteiger partial charge in [-0.25, -0.2) is 0 Å². The van der Waals surface area contributed by atoms with E-state index in [-0.39, 0.29) is 12.3 Å². The Hall–Kier alpha value is -1.62.